The van der Waals surface area contributed by atoms with Gasteiger partial charge in [0.25, 0.3) is 5.69 Å². The van der Waals surface area contributed by atoms with Crippen molar-refractivity contribution in [1.29, 1.82) is 0 Å². The Morgan fingerprint density at radius 2 is 1.84 bits per heavy atom. The molecular weight excluding hydrogens is 285 g/mol. The molecule has 0 saturated heterocycles. The standard InChI is InChI=1S/C14H11Cl2NO2/c15-13-7-6-11(17(18)19)9-12(13)14(16)8-10-4-2-1-3-5-10/h1-7,9,14H,8H2. The van der Waals surface area contributed by atoms with Gasteiger partial charge < -0.3 is 0 Å². The van der Waals surface area contributed by atoms with Crippen LogP contribution in [0.3, 0.4) is 0 Å². The van der Waals surface area contributed by atoms with E-state index in [0.29, 0.717) is 17.0 Å². The molecule has 0 aliphatic rings. The van der Waals surface area contributed by atoms with Gasteiger partial charge in [-0.3, -0.25) is 10.1 Å². The third-order valence-electron chi connectivity index (χ3n) is 2.79. The van der Waals surface area contributed by atoms with Crippen LogP contribution in [0.15, 0.2) is 48.5 Å². The molecular formula is C14H11Cl2NO2. The minimum Gasteiger partial charge on any atom is -0.258 e. The van der Waals surface area contributed by atoms with Gasteiger partial charge >= 0.3 is 0 Å². The van der Waals surface area contributed by atoms with Crippen molar-refractivity contribution in [2.75, 3.05) is 0 Å². The van der Waals surface area contributed by atoms with Crippen LogP contribution in [0.25, 0.3) is 0 Å². The number of rotatable bonds is 4. The number of alkyl halides is 1. The molecule has 19 heavy (non-hydrogen) atoms. The molecule has 0 aromatic heterocycles. The molecule has 0 N–H and O–H groups in total. The first kappa shape index (κ1) is 13.8. The van der Waals surface area contributed by atoms with Gasteiger partial charge in [0.2, 0.25) is 0 Å². The molecule has 0 amide bonds. The average molecular weight is 296 g/mol. The number of hydrogen-bond acceptors (Lipinski definition) is 2. The Labute approximate surface area is 120 Å². The predicted octanol–water partition coefficient (Wildman–Crippen LogP) is 4.77. The first-order chi connectivity index (χ1) is 9.08. The molecule has 0 fully saturated rings. The fourth-order valence-electron chi connectivity index (χ4n) is 1.82. The predicted molar refractivity (Wildman–Crippen MR) is 76.8 cm³/mol. The van der Waals surface area contributed by atoms with Gasteiger partial charge in [0.15, 0.2) is 0 Å². The second-order valence-electron chi connectivity index (χ2n) is 4.12. The van der Waals surface area contributed by atoms with Crippen LogP contribution in [-0.4, -0.2) is 4.92 Å². The van der Waals surface area contributed by atoms with Gasteiger partial charge in [-0.15, -0.1) is 11.6 Å². The Morgan fingerprint density at radius 1 is 1.16 bits per heavy atom. The smallest absolute Gasteiger partial charge is 0.258 e. The minimum absolute atomic E-state index is 0.00175. The highest BCUT2D eigenvalue weighted by atomic mass is 35.5. The maximum Gasteiger partial charge on any atom is 0.269 e. The molecule has 2 aromatic carbocycles. The lowest BCUT2D eigenvalue weighted by atomic mass is 10.0. The van der Waals surface area contributed by atoms with Gasteiger partial charge in [-0.05, 0) is 23.6 Å². The molecule has 0 heterocycles. The third kappa shape index (κ3) is 3.46. The number of hydrogen-bond donors (Lipinski definition) is 0. The van der Waals surface area contributed by atoms with Crippen molar-refractivity contribution in [3.05, 3.63) is 74.8 Å². The second-order valence-corrected chi connectivity index (χ2v) is 5.05. The Morgan fingerprint density at radius 3 is 2.47 bits per heavy atom. The Kier molecular flexibility index (Phi) is 4.40. The topological polar surface area (TPSA) is 43.1 Å². The zero-order valence-electron chi connectivity index (χ0n) is 9.92. The van der Waals surface area contributed by atoms with E-state index in [2.05, 4.69) is 0 Å². The van der Waals surface area contributed by atoms with Crippen molar-refractivity contribution in [2.45, 2.75) is 11.8 Å². The van der Waals surface area contributed by atoms with Crippen LogP contribution in [0.1, 0.15) is 16.5 Å². The summed E-state index contributed by atoms with van der Waals surface area (Å²) >= 11 is 12.4. The second kappa shape index (κ2) is 6.04. The van der Waals surface area contributed by atoms with Gasteiger partial charge in [-0.2, -0.15) is 0 Å². The van der Waals surface area contributed by atoms with E-state index in [9.17, 15) is 10.1 Å². The number of benzene rings is 2. The minimum atomic E-state index is -0.452. The van der Waals surface area contributed by atoms with E-state index in [4.69, 9.17) is 23.2 Å². The van der Waals surface area contributed by atoms with Crippen LogP contribution in [-0.2, 0) is 6.42 Å². The van der Waals surface area contributed by atoms with E-state index in [-0.39, 0.29) is 5.69 Å². The first-order valence-corrected chi connectivity index (χ1v) is 6.51. The van der Waals surface area contributed by atoms with Crippen molar-refractivity contribution in [3.8, 4) is 0 Å². The summed E-state index contributed by atoms with van der Waals surface area (Å²) in [5.74, 6) is 0. The van der Waals surface area contributed by atoms with Crippen molar-refractivity contribution >= 4 is 28.9 Å². The summed E-state index contributed by atoms with van der Waals surface area (Å²) in [6, 6.07) is 14.0. The molecule has 0 aliphatic heterocycles. The van der Waals surface area contributed by atoms with Gasteiger partial charge in [0.1, 0.15) is 0 Å². The van der Waals surface area contributed by atoms with Crippen molar-refractivity contribution in [2.24, 2.45) is 0 Å². The SMILES string of the molecule is O=[N+]([O-])c1ccc(Cl)c(C(Cl)Cc2ccccc2)c1. The zero-order chi connectivity index (χ0) is 13.8. The normalized spacial score (nSPS) is 12.1. The fraction of sp³-hybridized carbons (Fsp3) is 0.143. The lowest BCUT2D eigenvalue weighted by molar-refractivity contribution is -0.384. The molecule has 0 saturated carbocycles. The number of nitro benzene ring substituents is 1. The molecule has 0 bridgehead atoms. The number of nitro groups is 1. The van der Waals surface area contributed by atoms with E-state index in [1.807, 2.05) is 30.3 Å². The lowest BCUT2D eigenvalue weighted by Gasteiger charge is -2.11. The molecule has 0 aliphatic carbocycles. The fourth-order valence-corrected chi connectivity index (χ4v) is 2.48. The Balaban J connectivity index is 2.25. The van der Waals surface area contributed by atoms with Crippen LogP contribution in [0, 0.1) is 10.1 Å². The van der Waals surface area contributed by atoms with E-state index in [0.717, 1.165) is 5.56 Å². The summed E-state index contributed by atoms with van der Waals surface area (Å²) in [5.41, 5.74) is 1.64. The summed E-state index contributed by atoms with van der Waals surface area (Å²) in [5, 5.41) is 10.8. The molecule has 1 atom stereocenters. The largest absolute Gasteiger partial charge is 0.269 e. The summed E-state index contributed by atoms with van der Waals surface area (Å²) in [6.45, 7) is 0. The van der Waals surface area contributed by atoms with Crippen LogP contribution in [0.5, 0.6) is 0 Å². The van der Waals surface area contributed by atoms with E-state index >= 15 is 0 Å². The molecule has 0 spiro atoms. The summed E-state index contributed by atoms with van der Waals surface area (Å²) in [6.07, 6.45) is 0.573. The van der Waals surface area contributed by atoms with E-state index in [1.54, 1.807) is 0 Å². The molecule has 0 radical (unpaired) electrons. The van der Waals surface area contributed by atoms with Gasteiger partial charge in [0, 0.05) is 17.2 Å². The molecule has 98 valence electrons. The van der Waals surface area contributed by atoms with Crippen LogP contribution in [0.4, 0.5) is 5.69 Å². The van der Waals surface area contributed by atoms with Gasteiger partial charge in [-0.1, -0.05) is 41.9 Å². The van der Waals surface area contributed by atoms with Crippen LogP contribution >= 0.6 is 23.2 Å². The molecule has 2 rings (SSSR count). The summed E-state index contributed by atoms with van der Waals surface area (Å²) < 4.78 is 0. The first-order valence-electron chi connectivity index (χ1n) is 5.70. The van der Waals surface area contributed by atoms with Crippen molar-refractivity contribution in [3.63, 3.8) is 0 Å². The Hall–Kier alpha value is -1.58. The zero-order valence-corrected chi connectivity index (χ0v) is 11.4. The van der Waals surface area contributed by atoms with Crippen LogP contribution < -0.4 is 0 Å². The summed E-state index contributed by atoms with van der Waals surface area (Å²) in [7, 11) is 0. The quantitative estimate of drug-likeness (QED) is 0.463. The molecule has 3 nitrogen and oxygen atoms in total. The van der Waals surface area contributed by atoms with Crippen molar-refractivity contribution < 1.29 is 4.92 Å². The number of halogens is 2. The van der Waals surface area contributed by atoms with E-state index in [1.165, 1.54) is 18.2 Å². The highest BCUT2D eigenvalue weighted by Gasteiger charge is 2.16. The monoisotopic (exact) mass is 295 g/mol. The highest BCUT2D eigenvalue weighted by molar-refractivity contribution is 6.32. The maximum absolute atomic E-state index is 10.8. The number of nitrogens with zero attached hydrogens (tertiary/aromatic N) is 1. The maximum atomic E-state index is 10.8. The molecule has 2 aromatic rings. The lowest BCUT2D eigenvalue weighted by Crippen LogP contribution is -1.98. The third-order valence-corrected chi connectivity index (χ3v) is 3.52. The van der Waals surface area contributed by atoms with Gasteiger partial charge in [0.05, 0.1) is 10.3 Å². The van der Waals surface area contributed by atoms with Gasteiger partial charge in [-0.25, -0.2) is 0 Å². The van der Waals surface area contributed by atoms with Crippen LogP contribution in [0.2, 0.25) is 5.02 Å². The molecule has 1 unspecified atom stereocenters. The Bertz CT molecular complexity index is 587. The molecule has 5 heteroatoms. The highest BCUT2D eigenvalue weighted by Crippen LogP contribution is 2.33. The summed E-state index contributed by atoms with van der Waals surface area (Å²) in [4.78, 5) is 10.3. The van der Waals surface area contributed by atoms with E-state index < -0.39 is 10.3 Å². The average Bonchev–Trinajstić information content (AvgIpc) is 2.40. The van der Waals surface area contributed by atoms with Crippen molar-refractivity contribution in [1.82, 2.24) is 0 Å². The number of non-ortho nitro benzene ring substituents is 1.